The van der Waals surface area contributed by atoms with Crippen LogP contribution < -0.4 is 0 Å². The Morgan fingerprint density at radius 1 is 0.467 bits per heavy atom. The maximum atomic E-state index is 8.89. The summed E-state index contributed by atoms with van der Waals surface area (Å²) in [6, 6.07) is 12.2. The topological polar surface area (TPSA) is 47.6 Å². The second-order valence-corrected chi connectivity index (χ2v) is 14.3. The van der Waals surface area contributed by atoms with E-state index < -0.39 is 0 Å². The fourth-order valence-electron chi connectivity index (χ4n) is 7.29. The highest BCUT2D eigenvalue weighted by Gasteiger charge is 2.17. The van der Waals surface area contributed by atoms with Crippen LogP contribution in [0.2, 0.25) is 0 Å². The van der Waals surface area contributed by atoms with Crippen molar-refractivity contribution in [2.45, 2.75) is 225 Å². The summed E-state index contributed by atoms with van der Waals surface area (Å²) in [5.74, 6) is 1.36. The first kappa shape index (κ1) is 41.2. The second kappa shape index (κ2) is 30.8. The van der Waals surface area contributed by atoms with Gasteiger partial charge in [-0.25, -0.2) is 0 Å². The van der Waals surface area contributed by atoms with Crippen LogP contribution in [-0.4, -0.2) is 0 Å². The fourth-order valence-corrected chi connectivity index (χ4v) is 7.29. The molecule has 0 aliphatic carbocycles. The van der Waals surface area contributed by atoms with Crippen molar-refractivity contribution in [1.29, 1.82) is 10.5 Å². The molecule has 0 saturated heterocycles. The van der Waals surface area contributed by atoms with E-state index in [2.05, 4.69) is 51.1 Å². The van der Waals surface area contributed by atoms with Gasteiger partial charge in [-0.05, 0) is 74.0 Å². The van der Waals surface area contributed by atoms with Crippen LogP contribution in [0.3, 0.4) is 0 Å². The number of unbranched alkanes of at least 4 members (excludes halogenated alkanes) is 22. The molecule has 1 rings (SSSR count). The Balaban J connectivity index is 2.81. The van der Waals surface area contributed by atoms with Crippen molar-refractivity contribution in [3.8, 4) is 12.1 Å². The first-order valence-electron chi connectivity index (χ1n) is 20.0. The van der Waals surface area contributed by atoms with Gasteiger partial charge in [0.15, 0.2) is 0 Å². The Morgan fingerprint density at radius 3 is 1.20 bits per heavy atom. The molecule has 0 unspecified atom stereocenters. The predicted octanol–water partition coefficient (Wildman–Crippen LogP) is 15.0. The van der Waals surface area contributed by atoms with Gasteiger partial charge in [0.05, 0.1) is 12.1 Å². The molecule has 2 heteroatoms. The van der Waals surface area contributed by atoms with Crippen LogP contribution in [0.25, 0.3) is 0 Å². The molecule has 2 nitrogen and oxygen atoms in total. The van der Waals surface area contributed by atoms with Crippen molar-refractivity contribution in [2.24, 2.45) is 0 Å². The monoisotopic (exact) mass is 619 g/mol. The molecular formula is C43H74N2. The molecule has 0 aliphatic heterocycles. The van der Waals surface area contributed by atoms with E-state index in [1.165, 1.54) is 173 Å². The summed E-state index contributed by atoms with van der Waals surface area (Å²) in [5.41, 5.74) is 4.72. The summed E-state index contributed by atoms with van der Waals surface area (Å²) in [5, 5.41) is 17.8. The van der Waals surface area contributed by atoms with Crippen molar-refractivity contribution < 1.29 is 0 Å². The average molecular weight is 619 g/mol. The molecule has 0 amide bonds. The molecule has 1 aromatic rings. The molecule has 45 heavy (non-hydrogen) atoms. The van der Waals surface area contributed by atoms with Gasteiger partial charge >= 0.3 is 0 Å². The summed E-state index contributed by atoms with van der Waals surface area (Å²) in [6.07, 6.45) is 38.6. The largest absolute Gasteiger partial charge is 0.198 e. The standard InChI is InChI=1S/C43H74N2/c1-4-6-8-10-12-14-18-24-30-40(31-25-20-16-22-28-36-44)42-34-35-43(39(3)38-42)41(33-27-21-17-23-29-37-45)32-26-19-15-13-11-9-7-5-2/h34-35,38,40-41H,4-33H2,1-3H3/t40-,41+/m0/s1. The SMILES string of the molecule is CCCCCCCCCC[C@@H](CCCCCCC#N)c1ccc([C@@H](CCCCCCC#N)CCCCCCCCCC)c(C)c1. The molecule has 0 aromatic heterocycles. The molecular weight excluding hydrogens is 544 g/mol. The van der Waals surface area contributed by atoms with Crippen molar-refractivity contribution in [2.75, 3.05) is 0 Å². The molecule has 0 spiro atoms. The highest BCUT2D eigenvalue weighted by Crippen LogP contribution is 2.35. The van der Waals surface area contributed by atoms with Gasteiger partial charge < -0.3 is 0 Å². The zero-order chi connectivity index (χ0) is 32.6. The molecule has 0 bridgehead atoms. The third kappa shape index (κ3) is 22.4. The minimum absolute atomic E-state index is 0.681. The van der Waals surface area contributed by atoms with Crippen LogP contribution in [0, 0.1) is 29.6 Å². The van der Waals surface area contributed by atoms with Gasteiger partial charge in [-0.1, -0.05) is 173 Å². The third-order valence-corrected chi connectivity index (χ3v) is 10.2. The second-order valence-electron chi connectivity index (χ2n) is 14.3. The van der Waals surface area contributed by atoms with Crippen molar-refractivity contribution in [3.63, 3.8) is 0 Å². The zero-order valence-corrected chi connectivity index (χ0v) is 30.5. The van der Waals surface area contributed by atoms with E-state index in [1.54, 1.807) is 11.1 Å². The number of nitriles is 2. The van der Waals surface area contributed by atoms with Gasteiger partial charge in [-0.15, -0.1) is 0 Å². The number of aryl methyl sites for hydroxylation is 1. The predicted molar refractivity (Wildman–Crippen MR) is 198 cm³/mol. The summed E-state index contributed by atoms with van der Waals surface area (Å²) < 4.78 is 0. The maximum Gasteiger partial charge on any atom is 0.0621 e. The lowest BCUT2D eigenvalue weighted by atomic mass is 9.82. The van der Waals surface area contributed by atoms with Crippen molar-refractivity contribution in [1.82, 2.24) is 0 Å². The molecule has 256 valence electrons. The van der Waals surface area contributed by atoms with Crippen LogP contribution in [0.5, 0.6) is 0 Å². The van der Waals surface area contributed by atoms with Crippen molar-refractivity contribution in [3.05, 3.63) is 34.9 Å². The van der Waals surface area contributed by atoms with Crippen LogP contribution >= 0.6 is 0 Å². The Labute approximate surface area is 282 Å². The lowest BCUT2D eigenvalue weighted by Gasteiger charge is -2.23. The Bertz CT molecular complexity index is 875. The molecule has 0 fully saturated rings. The number of rotatable bonds is 32. The summed E-state index contributed by atoms with van der Waals surface area (Å²) in [4.78, 5) is 0. The molecule has 0 N–H and O–H groups in total. The minimum Gasteiger partial charge on any atom is -0.198 e. The van der Waals surface area contributed by atoms with E-state index in [0.717, 1.165) is 12.8 Å². The summed E-state index contributed by atoms with van der Waals surface area (Å²) >= 11 is 0. The summed E-state index contributed by atoms with van der Waals surface area (Å²) in [7, 11) is 0. The molecule has 2 atom stereocenters. The lowest BCUT2D eigenvalue weighted by Crippen LogP contribution is -2.05. The van der Waals surface area contributed by atoms with E-state index in [0.29, 0.717) is 24.7 Å². The molecule has 1 aromatic carbocycles. The average Bonchev–Trinajstić information content (AvgIpc) is 3.05. The van der Waals surface area contributed by atoms with Crippen LogP contribution in [0.4, 0.5) is 0 Å². The van der Waals surface area contributed by atoms with Crippen LogP contribution in [0.15, 0.2) is 18.2 Å². The molecule has 0 saturated carbocycles. The number of hydrogen-bond donors (Lipinski definition) is 0. The van der Waals surface area contributed by atoms with Gasteiger partial charge in [0, 0.05) is 12.8 Å². The Morgan fingerprint density at radius 2 is 0.822 bits per heavy atom. The normalized spacial score (nSPS) is 12.6. The zero-order valence-electron chi connectivity index (χ0n) is 30.5. The Kier molecular flexibility index (Phi) is 28.2. The van der Waals surface area contributed by atoms with Gasteiger partial charge in [-0.2, -0.15) is 10.5 Å². The van der Waals surface area contributed by atoms with Gasteiger partial charge in [-0.3, -0.25) is 0 Å². The maximum absolute atomic E-state index is 8.89. The first-order valence-corrected chi connectivity index (χ1v) is 20.0. The van der Waals surface area contributed by atoms with E-state index >= 15 is 0 Å². The first-order chi connectivity index (χ1) is 22.2. The van der Waals surface area contributed by atoms with Gasteiger partial charge in [0.1, 0.15) is 0 Å². The van der Waals surface area contributed by atoms with Gasteiger partial charge in [0.25, 0.3) is 0 Å². The third-order valence-electron chi connectivity index (χ3n) is 10.2. The molecule has 0 heterocycles. The van der Waals surface area contributed by atoms with E-state index in [9.17, 15) is 0 Å². The van der Waals surface area contributed by atoms with Crippen LogP contribution in [0.1, 0.15) is 235 Å². The van der Waals surface area contributed by atoms with E-state index in [-0.39, 0.29) is 0 Å². The van der Waals surface area contributed by atoms with Crippen LogP contribution in [-0.2, 0) is 0 Å². The molecule has 0 aliphatic rings. The van der Waals surface area contributed by atoms with E-state index in [4.69, 9.17) is 10.5 Å². The number of nitrogens with zero attached hydrogens (tertiary/aromatic N) is 2. The molecule has 0 radical (unpaired) electrons. The number of hydrogen-bond acceptors (Lipinski definition) is 2. The van der Waals surface area contributed by atoms with Gasteiger partial charge in [0.2, 0.25) is 0 Å². The quantitative estimate of drug-likeness (QED) is 0.0754. The smallest absolute Gasteiger partial charge is 0.0621 e. The van der Waals surface area contributed by atoms with E-state index in [1.807, 2.05) is 0 Å². The highest BCUT2D eigenvalue weighted by atomic mass is 14.2. The Hall–Kier alpha value is -1.80. The fraction of sp³-hybridized carbons (Fsp3) is 0.814. The highest BCUT2D eigenvalue weighted by molar-refractivity contribution is 5.35. The van der Waals surface area contributed by atoms with Crippen molar-refractivity contribution >= 4 is 0 Å². The minimum atomic E-state index is 0.681. The summed E-state index contributed by atoms with van der Waals surface area (Å²) in [6.45, 7) is 6.99. The number of benzene rings is 1. The lowest BCUT2D eigenvalue weighted by molar-refractivity contribution is 0.482.